The summed E-state index contributed by atoms with van der Waals surface area (Å²) in [4.78, 5) is 15.6. The van der Waals surface area contributed by atoms with E-state index in [1.807, 2.05) is 0 Å². The summed E-state index contributed by atoms with van der Waals surface area (Å²) in [5.41, 5.74) is 4.68. The minimum atomic E-state index is -0.154. The number of amides is 1. The maximum absolute atomic E-state index is 12.8. The third-order valence-electron chi connectivity index (χ3n) is 5.24. The standard InChI is InChI=1S/C20H25N3OS/c1-20(2,3)13-7-5-12(6-8-13)17-21-18(24)16-14-9-10-23(4)11-15(14)25-19(16)22-17/h5-8,17,22H,9-11H2,1-4H3,(H,21,24)/p+1/t17-/m0/s1. The highest BCUT2D eigenvalue weighted by molar-refractivity contribution is 7.16. The molecule has 0 spiro atoms. The number of carbonyl (C=O) groups excluding carboxylic acids is 1. The molecule has 2 aromatic rings. The molecule has 0 bridgehead atoms. The van der Waals surface area contributed by atoms with Gasteiger partial charge in [0.2, 0.25) is 0 Å². The van der Waals surface area contributed by atoms with Crippen molar-refractivity contribution in [3.63, 3.8) is 0 Å². The minimum Gasteiger partial charge on any atom is -0.353 e. The molecule has 2 atom stereocenters. The monoisotopic (exact) mass is 356 g/mol. The highest BCUT2D eigenvalue weighted by Crippen LogP contribution is 2.39. The number of likely N-dealkylation sites (N-methyl/N-ethyl adjacent to an activating group) is 1. The Hall–Kier alpha value is -1.85. The van der Waals surface area contributed by atoms with Crippen molar-refractivity contribution in [3.8, 4) is 0 Å². The van der Waals surface area contributed by atoms with Crippen LogP contribution in [0.5, 0.6) is 0 Å². The second-order valence-corrected chi connectivity index (χ2v) is 9.37. The summed E-state index contributed by atoms with van der Waals surface area (Å²) in [6.45, 7) is 8.76. The number of hydrogen-bond donors (Lipinski definition) is 3. The van der Waals surface area contributed by atoms with E-state index in [0.29, 0.717) is 0 Å². The first-order valence-electron chi connectivity index (χ1n) is 8.96. The van der Waals surface area contributed by atoms with Gasteiger partial charge >= 0.3 is 0 Å². The first-order chi connectivity index (χ1) is 11.8. The molecule has 1 aromatic heterocycles. The Balaban J connectivity index is 1.63. The zero-order valence-electron chi connectivity index (χ0n) is 15.3. The van der Waals surface area contributed by atoms with E-state index in [-0.39, 0.29) is 17.5 Å². The van der Waals surface area contributed by atoms with E-state index in [9.17, 15) is 4.79 Å². The van der Waals surface area contributed by atoms with Gasteiger partial charge in [0.15, 0.2) is 0 Å². The fourth-order valence-corrected chi connectivity index (χ4v) is 5.06. The van der Waals surface area contributed by atoms with E-state index in [2.05, 4.69) is 62.7 Å². The van der Waals surface area contributed by atoms with Crippen molar-refractivity contribution in [1.29, 1.82) is 0 Å². The molecule has 3 heterocycles. The van der Waals surface area contributed by atoms with Crippen molar-refractivity contribution in [2.75, 3.05) is 18.9 Å². The van der Waals surface area contributed by atoms with Gasteiger partial charge in [-0.2, -0.15) is 0 Å². The van der Waals surface area contributed by atoms with Crippen molar-refractivity contribution in [1.82, 2.24) is 5.32 Å². The van der Waals surface area contributed by atoms with Crippen LogP contribution >= 0.6 is 11.3 Å². The Bertz CT molecular complexity index is 817. The second kappa shape index (κ2) is 5.85. The molecule has 4 nitrogen and oxygen atoms in total. The lowest BCUT2D eigenvalue weighted by Gasteiger charge is -2.27. The minimum absolute atomic E-state index is 0.0655. The third kappa shape index (κ3) is 2.96. The van der Waals surface area contributed by atoms with Gasteiger partial charge in [-0.25, -0.2) is 0 Å². The zero-order valence-corrected chi connectivity index (χ0v) is 16.1. The van der Waals surface area contributed by atoms with Gasteiger partial charge in [-0.15, -0.1) is 11.3 Å². The average Bonchev–Trinajstić information content (AvgIpc) is 2.91. The van der Waals surface area contributed by atoms with Crippen molar-refractivity contribution in [2.45, 2.75) is 45.3 Å². The molecule has 25 heavy (non-hydrogen) atoms. The Morgan fingerprint density at radius 3 is 2.56 bits per heavy atom. The van der Waals surface area contributed by atoms with Crippen LogP contribution < -0.4 is 15.5 Å². The zero-order chi connectivity index (χ0) is 17.8. The van der Waals surface area contributed by atoms with Crippen LogP contribution in [-0.2, 0) is 18.4 Å². The van der Waals surface area contributed by atoms with Crippen LogP contribution in [0.1, 0.15) is 58.9 Å². The smallest absolute Gasteiger partial charge is 0.256 e. The summed E-state index contributed by atoms with van der Waals surface area (Å²) in [6.07, 6.45) is 0.840. The molecular weight excluding hydrogens is 330 g/mol. The Labute approximate surface area is 153 Å². The maximum atomic E-state index is 12.8. The molecule has 1 aromatic carbocycles. The number of carbonyl (C=O) groups is 1. The number of quaternary nitrogens is 1. The average molecular weight is 357 g/mol. The first-order valence-corrected chi connectivity index (χ1v) is 9.78. The summed E-state index contributed by atoms with van der Waals surface area (Å²) in [5.74, 6) is 0.0655. The predicted molar refractivity (Wildman–Crippen MR) is 102 cm³/mol. The Morgan fingerprint density at radius 1 is 1.16 bits per heavy atom. The molecule has 5 heteroatoms. The van der Waals surface area contributed by atoms with Gasteiger partial charge in [-0.1, -0.05) is 45.0 Å². The maximum Gasteiger partial charge on any atom is 0.256 e. The van der Waals surface area contributed by atoms with Crippen LogP contribution in [0.3, 0.4) is 0 Å². The number of thiophene rings is 1. The molecule has 2 aliphatic rings. The topological polar surface area (TPSA) is 45.6 Å². The largest absolute Gasteiger partial charge is 0.353 e. The third-order valence-corrected chi connectivity index (χ3v) is 6.41. The van der Waals surface area contributed by atoms with E-state index < -0.39 is 0 Å². The van der Waals surface area contributed by atoms with Gasteiger partial charge in [0.1, 0.15) is 17.7 Å². The van der Waals surface area contributed by atoms with Crippen molar-refractivity contribution >= 4 is 22.2 Å². The summed E-state index contributed by atoms with van der Waals surface area (Å²) >= 11 is 1.76. The number of anilines is 1. The molecule has 0 saturated carbocycles. The Kier molecular flexibility index (Phi) is 3.89. The van der Waals surface area contributed by atoms with Gasteiger partial charge in [-0.3, -0.25) is 4.79 Å². The molecule has 1 unspecified atom stereocenters. The second-order valence-electron chi connectivity index (χ2n) is 8.26. The first kappa shape index (κ1) is 16.6. The summed E-state index contributed by atoms with van der Waals surface area (Å²) < 4.78 is 0. The van der Waals surface area contributed by atoms with E-state index in [1.165, 1.54) is 20.9 Å². The lowest BCUT2D eigenvalue weighted by molar-refractivity contribution is -0.895. The normalized spacial score (nSPS) is 22.6. The van der Waals surface area contributed by atoms with E-state index >= 15 is 0 Å². The lowest BCUT2D eigenvalue weighted by Crippen LogP contribution is -3.08. The quantitative estimate of drug-likeness (QED) is 0.735. The summed E-state index contributed by atoms with van der Waals surface area (Å²) in [6, 6.07) is 8.57. The van der Waals surface area contributed by atoms with Crippen LogP contribution in [0.2, 0.25) is 0 Å². The van der Waals surface area contributed by atoms with Crippen LogP contribution in [0.4, 0.5) is 5.00 Å². The van der Waals surface area contributed by atoms with E-state index in [4.69, 9.17) is 0 Å². The van der Waals surface area contributed by atoms with Gasteiger partial charge in [0.05, 0.1) is 24.0 Å². The molecule has 4 rings (SSSR count). The molecule has 0 radical (unpaired) electrons. The van der Waals surface area contributed by atoms with Crippen LogP contribution in [-0.4, -0.2) is 19.5 Å². The predicted octanol–water partition coefficient (Wildman–Crippen LogP) is 2.47. The summed E-state index contributed by atoms with van der Waals surface area (Å²) in [5, 5.41) is 7.73. The molecule has 1 amide bonds. The van der Waals surface area contributed by atoms with Crippen molar-refractivity contribution < 1.29 is 9.69 Å². The SMILES string of the molecule is C[NH+]1CCc2c(sc3c2C(=O)N[C@H](c2ccc(C(C)(C)C)cc2)N3)C1. The molecule has 3 N–H and O–H groups in total. The molecule has 0 fully saturated rings. The van der Waals surface area contributed by atoms with Gasteiger partial charge in [-0.05, 0) is 22.1 Å². The molecule has 132 valence electrons. The number of hydrogen-bond acceptors (Lipinski definition) is 3. The fourth-order valence-electron chi connectivity index (χ4n) is 3.67. The molecular formula is C20H26N3OS+. The number of fused-ring (bicyclic) bond motifs is 3. The van der Waals surface area contributed by atoms with Crippen molar-refractivity contribution in [2.24, 2.45) is 0 Å². The number of benzene rings is 1. The lowest BCUT2D eigenvalue weighted by atomic mass is 9.86. The van der Waals surface area contributed by atoms with Crippen LogP contribution in [0, 0.1) is 0 Å². The fraction of sp³-hybridized carbons (Fsp3) is 0.450. The highest BCUT2D eigenvalue weighted by Gasteiger charge is 2.33. The molecule has 2 aliphatic heterocycles. The molecule has 0 aliphatic carbocycles. The van der Waals surface area contributed by atoms with Gasteiger partial charge < -0.3 is 15.5 Å². The van der Waals surface area contributed by atoms with Crippen molar-refractivity contribution in [3.05, 3.63) is 51.4 Å². The van der Waals surface area contributed by atoms with Crippen LogP contribution in [0.25, 0.3) is 0 Å². The van der Waals surface area contributed by atoms with E-state index in [0.717, 1.165) is 35.6 Å². The van der Waals surface area contributed by atoms with Crippen LogP contribution in [0.15, 0.2) is 24.3 Å². The number of nitrogens with one attached hydrogen (secondary N) is 3. The van der Waals surface area contributed by atoms with E-state index in [1.54, 1.807) is 11.3 Å². The number of rotatable bonds is 1. The van der Waals surface area contributed by atoms with Gasteiger partial charge in [0, 0.05) is 6.42 Å². The Morgan fingerprint density at radius 2 is 1.88 bits per heavy atom. The van der Waals surface area contributed by atoms with Gasteiger partial charge in [0.25, 0.3) is 5.91 Å². The molecule has 0 saturated heterocycles. The summed E-state index contributed by atoms with van der Waals surface area (Å²) in [7, 11) is 2.22. The highest BCUT2D eigenvalue weighted by atomic mass is 32.1.